The summed E-state index contributed by atoms with van der Waals surface area (Å²) >= 11 is 0. The minimum Gasteiger partial charge on any atom is -0.360 e. The Hall–Kier alpha value is -0.830. The Kier molecular flexibility index (Phi) is 1.68. The zero-order chi connectivity index (χ0) is 8.60. The Morgan fingerprint density at radius 3 is 2.83 bits per heavy atom. The van der Waals surface area contributed by atoms with Crippen LogP contribution in [0.1, 0.15) is 31.2 Å². The molecule has 1 heterocycles. The fraction of sp³-hybridized carbons (Fsp3) is 0.667. The third-order valence-electron chi connectivity index (χ3n) is 2.69. The molecule has 0 aromatic carbocycles. The zero-order valence-electron chi connectivity index (χ0n) is 7.34. The van der Waals surface area contributed by atoms with E-state index in [-0.39, 0.29) is 5.41 Å². The lowest BCUT2D eigenvalue weighted by atomic mass is 10.0. The van der Waals surface area contributed by atoms with E-state index in [1.807, 2.05) is 6.07 Å². The quantitative estimate of drug-likeness (QED) is 0.734. The van der Waals surface area contributed by atoms with Gasteiger partial charge in [-0.2, -0.15) is 0 Å². The molecule has 1 aliphatic rings. The van der Waals surface area contributed by atoms with Gasteiger partial charge >= 0.3 is 0 Å². The molecule has 0 radical (unpaired) electrons. The van der Waals surface area contributed by atoms with E-state index in [0.717, 1.165) is 30.7 Å². The molecule has 1 aliphatic carbocycles. The molecule has 0 bridgehead atoms. The number of hydrogen-bond donors (Lipinski definition) is 1. The maximum Gasteiger partial charge on any atom is 0.144 e. The average molecular weight is 166 g/mol. The van der Waals surface area contributed by atoms with Gasteiger partial charge in [0.2, 0.25) is 0 Å². The SMILES string of the molecule is CCc1cc(C2(CN)CC2)on1. The van der Waals surface area contributed by atoms with Gasteiger partial charge in [-0.1, -0.05) is 12.1 Å². The Balaban J connectivity index is 2.23. The summed E-state index contributed by atoms with van der Waals surface area (Å²) in [6, 6.07) is 2.04. The van der Waals surface area contributed by atoms with Crippen molar-refractivity contribution in [2.45, 2.75) is 31.6 Å². The van der Waals surface area contributed by atoms with E-state index in [0.29, 0.717) is 6.54 Å². The van der Waals surface area contributed by atoms with E-state index in [1.165, 1.54) is 0 Å². The molecule has 1 aromatic heterocycles. The summed E-state index contributed by atoms with van der Waals surface area (Å²) in [7, 11) is 0. The summed E-state index contributed by atoms with van der Waals surface area (Å²) < 4.78 is 5.24. The summed E-state index contributed by atoms with van der Waals surface area (Å²) in [4.78, 5) is 0. The van der Waals surface area contributed by atoms with Gasteiger partial charge in [0, 0.05) is 18.0 Å². The summed E-state index contributed by atoms with van der Waals surface area (Å²) in [6.45, 7) is 2.76. The summed E-state index contributed by atoms with van der Waals surface area (Å²) in [5.74, 6) is 0.988. The van der Waals surface area contributed by atoms with Crippen molar-refractivity contribution in [2.75, 3.05) is 6.54 Å². The largest absolute Gasteiger partial charge is 0.360 e. The highest BCUT2D eigenvalue weighted by atomic mass is 16.5. The van der Waals surface area contributed by atoms with E-state index in [9.17, 15) is 0 Å². The van der Waals surface area contributed by atoms with Gasteiger partial charge in [-0.25, -0.2) is 0 Å². The minimum atomic E-state index is 0.153. The molecule has 0 aliphatic heterocycles. The number of aromatic nitrogens is 1. The fourth-order valence-electron chi connectivity index (χ4n) is 1.43. The molecule has 0 spiro atoms. The smallest absolute Gasteiger partial charge is 0.144 e. The molecule has 3 nitrogen and oxygen atoms in total. The highest BCUT2D eigenvalue weighted by Crippen LogP contribution is 2.47. The number of nitrogens with zero attached hydrogens (tertiary/aromatic N) is 1. The third kappa shape index (κ3) is 1.05. The molecule has 12 heavy (non-hydrogen) atoms. The van der Waals surface area contributed by atoms with Gasteiger partial charge in [0.1, 0.15) is 5.76 Å². The molecule has 1 aromatic rings. The predicted octanol–water partition coefficient (Wildman–Crippen LogP) is 1.23. The molecule has 3 heteroatoms. The lowest BCUT2D eigenvalue weighted by Gasteiger charge is -2.04. The van der Waals surface area contributed by atoms with Crippen molar-refractivity contribution in [1.82, 2.24) is 5.16 Å². The molecule has 1 saturated carbocycles. The number of hydrogen-bond acceptors (Lipinski definition) is 3. The summed E-state index contributed by atoms with van der Waals surface area (Å²) in [6.07, 6.45) is 3.24. The second kappa shape index (κ2) is 2.59. The Labute approximate surface area is 71.9 Å². The lowest BCUT2D eigenvalue weighted by Crippen LogP contribution is -2.18. The fourth-order valence-corrected chi connectivity index (χ4v) is 1.43. The lowest BCUT2D eigenvalue weighted by molar-refractivity contribution is 0.350. The van der Waals surface area contributed by atoms with Gasteiger partial charge in [-0.15, -0.1) is 0 Å². The van der Waals surface area contributed by atoms with Gasteiger partial charge in [0.25, 0.3) is 0 Å². The van der Waals surface area contributed by atoms with Gasteiger partial charge < -0.3 is 10.3 Å². The first-order chi connectivity index (χ1) is 5.80. The van der Waals surface area contributed by atoms with Crippen molar-refractivity contribution < 1.29 is 4.52 Å². The number of rotatable bonds is 3. The second-order valence-electron chi connectivity index (χ2n) is 3.52. The molecule has 2 N–H and O–H groups in total. The molecule has 2 rings (SSSR count). The Morgan fingerprint density at radius 1 is 1.67 bits per heavy atom. The first kappa shape index (κ1) is 7.80. The normalized spacial score (nSPS) is 19.5. The van der Waals surface area contributed by atoms with E-state index in [1.54, 1.807) is 0 Å². The van der Waals surface area contributed by atoms with Crippen molar-refractivity contribution in [3.05, 3.63) is 17.5 Å². The summed E-state index contributed by atoms with van der Waals surface area (Å²) in [5, 5.41) is 3.96. The van der Waals surface area contributed by atoms with Crippen LogP contribution in [-0.2, 0) is 11.8 Å². The highest BCUT2D eigenvalue weighted by molar-refractivity contribution is 5.24. The van der Waals surface area contributed by atoms with Crippen LogP contribution in [0.2, 0.25) is 0 Å². The van der Waals surface area contributed by atoms with Crippen molar-refractivity contribution >= 4 is 0 Å². The van der Waals surface area contributed by atoms with Crippen LogP contribution >= 0.6 is 0 Å². The van der Waals surface area contributed by atoms with Gasteiger partial charge in [0.15, 0.2) is 0 Å². The monoisotopic (exact) mass is 166 g/mol. The van der Waals surface area contributed by atoms with Crippen molar-refractivity contribution in [3.63, 3.8) is 0 Å². The highest BCUT2D eigenvalue weighted by Gasteiger charge is 2.46. The van der Waals surface area contributed by atoms with Crippen LogP contribution in [0.5, 0.6) is 0 Å². The average Bonchev–Trinajstić information content (AvgIpc) is 2.77. The topological polar surface area (TPSA) is 52.0 Å². The molecule has 1 fully saturated rings. The minimum absolute atomic E-state index is 0.153. The molecular weight excluding hydrogens is 152 g/mol. The first-order valence-corrected chi connectivity index (χ1v) is 4.47. The second-order valence-corrected chi connectivity index (χ2v) is 3.52. The molecular formula is C9H14N2O. The van der Waals surface area contributed by atoms with Gasteiger partial charge in [-0.3, -0.25) is 0 Å². The summed E-state index contributed by atoms with van der Waals surface area (Å²) in [5.41, 5.74) is 6.85. The number of nitrogens with two attached hydrogens (primary N) is 1. The van der Waals surface area contributed by atoms with E-state index in [2.05, 4.69) is 12.1 Å². The van der Waals surface area contributed by atoms with Gasteiger partial charge in [0.05, 0.1) is 5.69 Å². The van der Waals surface area contributed by atoms with Crippen LogP contribution in [0.3, 0.4) is 0 Å². The van der Waals surface area contributed by atoms with Crippen molar-refractivity contribution in [1.29, 1.82) is 0 Å². The zero-order valence-corrected chi connectivity index (χ0v) is 7.34. The van der Waals surface area contributed by atoms with E-state index in [4.69, 9.17) is 10.3 Å². The standard InChI is InChI=1S/C9H14N2O/c1-2-7-5-8(12-11-7)9(6-10)3-4-9/h5H,2-4,6,10H2,1H3. The van der Waals surface area contributed by atoms with E-state index < -0.39 is 0 Å². The van der Waals surface area contributed by atoms with Crippen molar-refractivity contribution in [2.24, 2.45) is 5.73 Å². The third-order valence-corrected chi connectivity index (χ3v) is 2.69. The Morgan fingerprint density at radius 2 is 2.42 bits per heavy atom. The molecule has 0 unspecified atom stereocenters. The van der Waals surface area contributed by atoms with Crippen LogP contribution in [-0.4, -0.2) is 11.7 Å². The number of aryl methyl sites for hydroxylation is 1. The van der Waals surface area contributed by atoms with Crippen LogP contribution in [0, 0.1) is 0 Å². The van der Waals surface area contributed by atoms with Crippen molar-refractivity contribution in [3.8, 4) is 0 Å². The molecule has 0 saturated heterocycles. The predicted molar refractivity (Wildman–Crippen MR) is 45.8 cm³/mol. The van der Waals surface area contributed by atoms with Gasteiger partial charge in [-0.05, 0) is 19.3 Å². The molecule has 0 amide bonds. The van der Waals surface area contributed by atoms with Crippen LogP contribution < -0.4 is 5.73 Å². The Bertz CT molecular complexity index is 276. The maximum absolute atomic E-state index is 5.66. The van der Waals surface area contributed by atoms with Crippen LogP contribution in [0.25, 0.3) is 0 Å². The van der Waals surface area contributed by atoms with Crippen LogP contribution in [0.4, 0.5) is 0 Å². The maximum atomic E-state index is 5.66. The molecule has 66 valence electrons. The first-order valence-electron chi connectivity index (χ1n) is 4.47. The van der Waals surface area contributed by atoms with E-state index >= 15 is 0 Å². The van der Waals surface area contributed by atoms with Crippen LogP contribution in [0.15, 0.2) is 10.6 Å². The molecule has 0 atom stereocenters.